The third-order valence-corrected chi connectivity index (χ3v) is 5.58. The monoisotopic (exact) mass is 296 g/mol. The Kier molecular flexibility index (Phi) is 6.51. The molecule has 1 heterocycles. The quantitative estimate of drug-likeness (QED) is 0.816. The Hall–Kier alpha value is -0.120. The van der Waals surface area contributed by atoms with E-state index in [0.29, 0.717) is 17.6 Å². The van der Waals surface area contributed by atoms with Crippen LogP contribution in [0.4, 0.5) is 0 Å². The Morgan fingerprint density at radius 1 is 1.19 bits per heavy atom. The summed E-state index contributed by atoms with van der Waals surface area (Å²) in [7, 11) is 0. The van der Waals surface area contributed by atoms with Crippen molar-refractivity contribution in [3.63, 3.8) is 0 Å². The van der Waals surface area contributed by atoms with Gasteiger partial charge in [-0.05, 0) is 56.5 Å². The molecular weight excluding hydrogens is 260 g/mol. The summed E-state index contributed by atoms with van der Waals surface area (Å²) in [6.45, 7) is 11.2. The highest BCUT2D eigenvalue weighted by Crippen LogP contribution is 2.33. The average molecular weight is 296 g/mol. The topological polar surface area (TPSA) is 38.5 Å². The van der Waals surface area contributed by atoms with Crippen molar-refractivity contribution >= 4 is 0 Å². The molecule has 1 aliphatic heterocycles. The van der Waals surface area contributed by atoms with E-state index in [1.165, 1.54) is 51.5 Å². The third-order valence-electron chi connectivity index (χ3n) is 5.58. The van der Waals surface area contributed by atoms with Crippen LogP contribution in [0.25, 0.3) is 0 Å². The van der Waals surface area contributed by atoms with Gasteiger partial charge in [-0.3, -0.25) is 4.90 Å². The van der Waals surface area contributed by atoms with Gasteiger partial charge in [0, 0.05) is 12.6 Å². The molecule has 0 radical (unpaired) electrons. The van der Waals surface area contributed by atoms with Gasteiger partial charge < -0.3 is 10.5 Å². The van der Waals surface area contributed by atoms with Crippen LogP contribution in [0.15, 0.2) is 0 Å². The van der Waals surface area contributed by atoms with Crippen molar-refractivity contribution in [2.45, 2.75) is 77.9 Å². The molecule has 0 aromatic rings. The molecule has 2 N–H and O–H groups in total. The highest BCUT2D eigenvalue weighted by molar-refractivity contribution is 4.87. The van der Waals surface area contributed by atoms with E-state index in [1.807, 2.05) is 0 Å². The summed E-state index contributed by atoms with van der Waals surface area (Å²) in [6, 6.07) is 0.704. The lowest BCUT2D eigenvalue weighted by Crippen LogP contribution is -2.52. The van der Waals surface area contributed by atoms with Gasteiger partial charge in [-0.25, -0.2) is 0 Å². The SMILES string of the molecule is CC(C)(C)C(CCN)CCCN1CCOC2CCCCC21. The Labute approximate surface area is 131 Å². The van der Waals surface area contributed by atoms with Gasteiger partial charge in [0.25, 0.3) is 0 Å². The first-order valence-corrected chi connectivity index (χ1v) is 9.08. The molecule has 1 saturated heterocycles. The first kappa shape index (κ1) is 17.2. The van der Waals surface area contributed by atoms with Gasteiger partial charge in [0.15, 0.2) is 0 Å². The lowest BCUT2D eigenvalue weighted by atomic mass is 9.76. The van der Waals surface area contributed by atoms with Gasteiger partial charge in [0.1, 0.15) is 0 Å². The highest BCUT2D eigenvalue weighted by atomic mass is 16.5. The summed E-state index contributed by atoms with van der Waals surface area (Å²) in [5.74, 6) is 0.755. The van der Waals surface area contributed by atoms with E-state index in [2.05, 4.69) is 25.7 Å². The van der Waals surface area contributed by atoms with Gasteiger partial charge in [-0.1, -0.05) is 33.6 Å². The zero-order chi connectivity index (χ0) is 15.3. The van der Waals surface area contributed by atoms with Gasteiger partial charge in [0.05, 0.1) is 12.7 Å². The van der Waals surface area contributed by atoms with Crippen LogP contribution in [0.3, 0.4) is 0 Å². The molecule has 3 unspecified atom stereocenters. The van der Waals surface area contributed by atoms with Crippen LogP contribution in [-0.4, -0.2) is 43.3 Å². The van der Waals surface area contributed by atoms with Crippen molar-refractivity contribution in [1.29, 1.82) is 0 Å². The number of morpholine rings is 1. The van der Waals surface area contributed by atoms with Crippen molar-refractivity contribution in [3.05, 3.63) is 0 Å². The van der Waals surface area contributed by atoms with Crippen LogP contribution in [0.5, 0.6) is 0 Å². The van der Waals surface area contributed by atoms with Gasteiger partial charge >= 0.3 is 0 Å². The Morgan fingerprint density at radius 3 is 2.67 bits per heavy atom. The second-order valence-corrected chi connectivity index (χ2v) is 8.08. The summed E-state index contributed by atoms with van der Waals surface area (Å²) in [4.78, 5) is 2.72. The van der Waals surface area contributed by atoms with Crippen molar-refractivity contribution in [1.82, 2.24) is 4.90 Å². The molecule has 0 spiro atoms. The highest BCUT2D eigenvalue weighted by Gasteiger charge is 2.34. The van der Waals surface area contributed by atoms with Crippen molar-refractivity contribution in [2.24, 2.45) is 17.1 Å². The molecule has 0 bridgehead atoms. The maximum absolute atomic E-state index is 5.97. The number of nitrogens with zero attached hydrogens (tertiary/aromatic N) is 1. The lowest BCUT2D eigenvalue weighted by molar-refractivity contribution is -0.0886. The van der Waals surface area contributed by atoms with E-state index in [0.717, 1.165) is 25.6 Å². The first-order valence-electron chi connectivity index (χ1n) is 9.08. The van der Waals surface area contributed by atoms with Crippen molar-refractivity contribution in [3.8, 4) is 0 Å². The molecule has 1 aliphatic carbocycles. The van der Waals surface area contributed by atoms with Crippen LogP contribution >= 0.6 is 0 Å². The minimum absolute atomic E-state index is 0.387. The molecule has 2 fully saturated rings. The predicted octanol–water partition coefficient (Wildman–Crippen LogP) is 3.42. The standard InChI is InChI=1S/C18H36N2O/c1-18(2,3)15(10-11-19)7-6-12-20-13-14-21-17-9-5-4-8-16(17)20/h15-17H,4-14,19H2,1-3H3. The molecule has 0 amide bonds. The second-order valence-electron chi connectivity index (χ2n) is 8.08. The van der Waals surface area contributed by atoms with E-state index >= 15 is 0 Å². The van der Waals surface area contributed by atoms with Crippen LogP contribution < -0.4 is 5.73 Å². The summed E-state index contributed by atoms with van der Waals surface area (Å²) in [5.41, 5.74) is 6.19. The Morgan fingerprint density at radius 2 is 1.95 bits per heavy atom. The van der Waals surface area contributed by atoms with Crippen LogP contribution in [-0.2, 0) is 4.74 Å². The molecule has 124 valence electrons. The third kappa shape index (κ3) is 4.94. The fourth-order valence-corrected chi connectivity index (χ4v) is 4.21. The molecule has 3 heteroatoms. The molecule has 3 nitrogen and oxygen atoms in total. The van der Waals surface area contributed by atoms with Gasteiger partial charge in [0.2, 0.25) is 0 Å². The molecule has 2 aliphatic rings. The lowest BCUT2D eigenvalue weighted by Gasteiger charge is -2.44. The van der Waals surface area contributed by atoms with E-state index in [9.17, 15) is 0 Å². The molecule has 21 heavy (non-hydrogen) atoms. The molecule has 0 aromatic heterocycles. The maximum atomic E-state index is 5.97. The molecular formula is C18H36N2O. The van der Waals surface area contributed by atoms with Crippen LogP contribution in [0, 0.1) is 11.3 Å². The molecule has 0 aromatic carbocycles. The molecule has 2 rings (SSSR count). The van der Waals surface area contributed by atoms with E-state index in [1.54, 1.807) is 0 Å². The minimum Gasteiger partial charge on any atom is -0.375 e. The minimum atomic E-state index is 0.387. The van der Waals surface area contributed by atoms with E-state index < -0.39 is 0 Å². The van der Waals surface area contributed by atoms with Crippen LogP contribution in [0.1, 0.15) is 65.7 Å². The second kappa shape index (κ2) is 7.94. The first-order chi connectivity index (χ1) is 10.0. The average Bonchev–Trinajstić information content (AvgIpc) is 2.45. The summed E-state index contributed by atoms with van der Waals surface area (Å²) in [6.07, 6.45) is 9.68. The van der Waals surface area contributed by atoms with Gasteiger partial charge in [-0.15, -0.1) is 0 Å². The smallest absolute Gasteiger partial charge is 0.0730 e. The predicted molar refractivity (Wildman–Crippen MR) is 89.4 cm³/mol. The van der Waals surface area contributed by atoms with Crippen LogP contribution in [0.2, 0.25) is 0 Å². The number of hydrogen-bond acceptors (Lipinski definition) is 3. The Balaban J connectivity index is 1.78. The number of nitrogens with two attached hydrogens (primary N) is 1. The number of hydrogen-bond donors (Lipinski definition) is 1. The molecule has 1 saturated carbocycles. The molecule has 3 atom stereocenters. The van der Waals surface area contributed by atoms with Crippen molar-refractivity contribution in [2.75, 3.05) is 26.2 Å². The summed E-state index contributed by atoms with van der Waals surface area (Å²) >= 11 is 0. The summed E-state index contributed by atoms with van der Waals surface area (Å²) < 4.78 is 5.97. The van der Waals surface area contributed by atoms with Crippen molar-refractivity contribution < 1.29 is 4.74 Å². The number of rotatable bonds is 6. The fourth-order valence-electron chi connectivity index (χ4n) is 4.21. The normalized spacial score (nSPS) is 29.1. The maximum Gasteiger partial charge on any atom is 0.0730 e. The number of ether oxygens (including phenoxy) is 1. The Bertz CT molecular complexity index is 298. The van der Waals surface area contributed by atoms with E-state index in [-0.39, 0.29) is 0 Å². The summed E-state index contributed by atoms with van der Waals surface area (Å²) in [5, 5.41) is 0. The van der Waals surface area contributed by atoms with Gasteiger partial charge in [-0.2, -0.15) is 0 Å². The number of fused-ring (bicyclic) bond motifs is 1. The van der Waals surface area contributed by atoms with E-state index in [4.69, 9.17) is 10.5 Å². The zero-order valence-electron chi connectivity index (χ0n) is 14.4. The fraction of sp³-hybridized carbons (Fsp3) is 1.00. The largest absolute Gasteiger partial charge is 0.375 e. The zero-order valence-corrected chi connectivity index (χ0v) is 14.4.